The molecule has 1 N–H and O–H groups in total. The van der Waals surface area contributed by atoms with Crippen molar-refractivity contribution in [2.75, 3.05) is 40.0 Å². The van der Waals surface area contributed by atoms with E-state index in [1.807, 2.05) is 4.90 Å². The van der Waals surface area contributed by atoms with Crippen LogP contribution in [0.1, 0.15) is 29.6 Å². The quantitative estimate of drug-likeness (QED) is 0.906. The maximum absolute atomic E-state index is 12.4. The van der Waals surface area contributed by atoms with Crippen molar-refractivity contribution in [1.29, 1.82) is 0 Å². The van der Waals surface area contributed by atoms with Crippen LogP contribution in [0, 0.1) is 5.41 Å². The Labute approximate surface area is 142 Å². The van der Waals surface area contributed by atoms with Crippen LogP contribution in [-0.4, -0.2) is 56.7 Å². The lowest BCUT2D eigenvalue weighted by molar-refractivity contribution is -0.129. The molecule has 1 aromatic rings. The van der Waals surface area contributed by atoms with Crippen molar-refractivity contribution >= 4 is 11.8 Å². The van der Waals surface area contributed by atoms with Crippen LogP contribution >= 0.6 is 0 Å². The zero-order chi connectivity index (χ0) is 17.0. The number of nitrogens with one attached hydrogen (secondary N) is 1. The van der Waals surface area contributed by atoms with Gasteiger partial charge >= 0.3 is 0 Å². The molecule has 2 amide bonds. The summed E-state index contributed by atoms with van der Waals surface area (Å²) in [7, 11) is 1.56. The first kappa shape index (κ1) is 16.8. The Balaban J connectivity index is 1.51. The number of methoxy groups -OCH3 is 1. The van der Waals surface area contributed by atoms with E-state index in [0.29, 0.717) is 11.3 Å². The molecule has 2 aliphatic rings. The summed E-state index contributed by atoms with van der Waals surface area (Å²) in [5.41, 5.74) is 0.717. The van der Waals surface area contributed by atoms with E-state index in [1.54, 1.807) is 31.4 Å². The van der Waals surface area contributed by atoms with Crippen molar-refractivity contribution in [3.8, 4) is 5.75 Å². The largest absolute Gasteiger partial charge is 0.497 e. The summed E-state index contributed by atoms with van der Waals surface area (Å²) in [5.74, 6) is 0.340. The first-order valence-corrected chi connectivity index (χ1v) is 8.40. The third-order valence-corrected chi connectivity index (χ3v) is 5.08. The van der Waals surface area contributed by atoms with Gasteiger partial charge in [-0.2, -0.15) is 0 Å². The summed E-state index contributed by atoms with van der Waals surface area (Å²) < 4.78 is 10.5. The fourth-order valence-corrected chi connectivity index (χ4v) is 3.49. The summed E-state index contributed by atoms with van der Waals surface area (Å²) in [6.07, 6.45) is 3.08. The van der Waals surface area contributed by atoms with Crippen LogP contribution in [0.15, 0.2) is 24.3 Å². The molecule has 0 aliphatic carbocycles. The molecule has 0 aromatic heterocycles. The number of hydrogen-bond donors (Lipinski definition) is 1. The SMILES string of the molecule is COc1cccc(C(=O)NCC(=O)N2CCC3(CCOCC3)C2)c1. The molecule has 2 aliphatic heterocycles. The molecule has 2 fully saturated rings. The second-order valence-electron chi connectivity index (χ2n) is 6.59. The van der Waals surface area contributed by atoms with Gasteiger partial charge in [-0.1, -0.05) is 6.07 Å². The molecule has 6 heteroatoms. The molecular formula is C18H24N2O4. The van der Waals surface area contributed by atoms with Crippen molar-refractivity contribution in [2.45, 2.75) is 19.3 Å². The number of amides is 2. The lowest BCUT2D eigenvalue weighted by Crippen LogP contribution is -2.41. The van der Waals surface area contributed by atoms with Gasteiger partial charge in [0.05, 0.1) is 13.7 Å². The minimum Gasteiger partial charge on any atom is -0.497 e. The third-order valence-electron chi connectivity index (χ3n) is 5.08. The fourth-order valence-electron chi connectivity index (χ4n) is 3.49. The normalized spacial score (nSPS) is 19.3. The topological polar surface area (TPSA) is 67.9 Å². The van der Waals surface area contributed by atoms with Gasteiger partial charge in [0.2, 0.25) is 5.91 Å². The van der Waals surface area contributed by atoms with Gasteiger partial charge < -0.3 is 19.7 Å². The molecule has 130 valence electrons. The number of hydrogen-bond acceptors (Lipinski definition) is 4. The Kier molecular flexibility index (Phi) is 5.04. The van der Waals surface area contributed by atoms with Crippen LogP contribution in [0.4, 0.5) is 0 Å². The van der Waals surface area contributed by atoms with E-state index in [1.165, 1.54) is 0 Å². The first-order chi connectivity index (χ1) is 11.6. The summed E-state index contributed by atoms with van der Waals surface area (Å²) in [4.78, 5) is 26.4. The van der Waals surface area contributed by atoms with Crippen LogP contribution in [0.3, 0.4) is 0 Å². The minimum absolute atomic E-state index is 0.0189. The molecule has 2 heterocycles. The standard InChI is InChI=1S/C18H24N2O4/c1-23-15-4-2-3-14(11-15)17(22)19-12-16(21)20-8-5-18(13-20)6-9-24-10-7-18/h2-4,11H,5-10,12-13H2,1H3,(H,19,22). The summed E-state index contributed by atoms with van der Waals surface area (Å²) in [6.45, 7) is 3.16. The van der Waals surface area contributed by atoms with E-state index in [9.17, 15) is 9.59 Å². The van der Waals surface area contributed by atoms with Gasteiger partial charge in [-0.15, -0.1) is 0 Å². The molecule has 0 radical (unpaired) electrons. The average Bonchev–Trinajstić information content (AvgIpc) is 3.03. The van der Waals surface area contributed by atoms with Crippen molar-refractivity contribution in [3.05, 3.63) is 29.8 Å². The number of rotatable bonds is 4. The molecule has 0 unspecified atom stereocenters. The Hall–Kier alpha value is -2.08. The average molecular weight is 332 g/mol. The molecule has 6 nitrogen and oxygen atoms in total. The lowest BCUT2D eigenvalue weighted by Gasteiger charge is -2.33. The highest BCUT2D eigenvalue weighted by atomic mass is 16.5. The highest BCUT2D eigenvalue weighted by Gasteiger charge is 2.40. The molecule has 1 spiro atoms. The molecular weight excluding hydrogens is 308 g/mol. The van der Waals surface area contributed by atoms with Gasteiger partial charge in [0.25, 0.3) is 5.91 Å². The number of carbonyl (C=O) groups is 2. The Morgan fingerprint density at radius 1 is 1.29 bits per heavy atom. The predicted octanol–water partition coefficient (Wildman–Crippen LogP) is 1.45. The Morgan fingerprint density at radius 3 is 2.83 bits per heavy atom. The maximum Gasteiger partial charge on any atom is 0.251 e. The van der Waals surface area contributed by atoms with Crippen molar-refractivity contribution in [1.82, 2.24) is 10.2 Å². The van der Waals surface area contributed by atoms with Gasteiger partial charge in [0.1, 0.15) is 5.75 Å². The number of benzene rings is 1. The predicted molar refractivity (Wildman–Crippen MR) is 89.0 cm³/mol. The van der Waals surface area contributed by atoms with Crippen LogP contribution < -0.4 is 10.1 Å². The molecule has 2 saturated heterocycles. The van der Waals surface area contributed by atoms with Crippen LogP contribution in [0.2, 0.25) is 0 Å². The monoisotopic (exact) mass is 332 g/mol. The van der Waals surface area contributed by atoms with Crippen molar-refractivity contribution in [2.24, 2.45) is 5.41 Å². The van der Waals surface area contributed by atoms with E-state index < -0.39 is 0 Å². The zero-order valence-corrected chi connectivity index (χ0v) is 14.0. The smallest absolute Gasteiger partial charge is 0.251 e. The lowest BCUT2D eigenvalue weighted by atomic mass is 9.80. The Morgan fingerprint density at radius 2 is 2.08 bits per heavy atom. The van der Waals surface area contributed by atoms with Gasteiger partial charge in [-0.3, -0.25) is 9.59 Å². The van der Waals surface area contributed by atoms with Crippen LogP contribution in [-0.2, 0) is 9.53 Å². The van der Waals surface area contributed by atoms with E-state index in [2.05, 4.69) is 5.32 Å². The van der Waals surface area contributed by atoms with Gasteiger partial charge in [-0.05, 0) is 42.9 Å². The number of carbonyl (C=O) groups excluding carboxylic acids is 2. The molecule has 3 rings (SSSR count). The highest BCUT2D eigenvalue weighted by Crippen LogP contribution is 2.39. The third kappa shape index (κ3) is 3.70. The second kappa shape index (κ2) is 7.21. The molecule has 1 aromatic carbocycles. The fraction of sp³-hybridized carbons (Fsp3) is 0.556. The number of nitrogens with zero attached hydrogens (tertiary/aromatic N) is 1. The molecule has 0 bridgehead atoms. The maximum atomic E-state index is 12.4. The zero-order valence-electron chi connectivity index (χ0n) is 14.0. The number of likely N-dealkylation sites (tertiary alicyclic amines) is 1. The van der Waals surface area contributed by atoms with Crippen LogP contribution in [0.25, 0.3) is 0 Å². The van der Waals surface area contributed by atoms with Crippen LogP contribution in [0.5, 0.6) is 5.75 Å². The summed E-state index contributed by atoms with van der Waals surface area (Å²) >= 11 is 0. The van der Waals surface area contributed by atoms with Crippen molar-refractivity contribution in [3.63, 3.8) is 0 Å². The Bertz CT molecular complexity index is 611. The van der Waals surface area contributed by atoms with Crippen molar-refractivity contribution < 1.29 is 19.1 Å². The van der Waals surface area contributed by atoms with Gasteiger partial charge in [0.15, 0.2) is 0 Å². The summed E-state index contributed by atoms with van der Waals surface area (Å²) in [6, 6.07) is 6.90. The highest BCUT2D eigenvalue weighted by molar-refractivity contribution is 5.96. The van der Waals surface area contributed by atoms with E-state index in [4.69, 9.17) is 9.47 Å². The minimum atomic E-state index is -0.262. The van der Waals surface area contributed by atoms with Gasteiger partial charge in [-0.25, -0.2) is 0 Å². The van der Waals surface area contributed by atoms with E-state index >= 15 is 0 Å². The van der Waals surface area contributed by atoms with E-state index in [0.717, 1.165) is 45.6 Å². The second-order valence-corrected chi connectivity index (χ2v) is 6.59. The molecule has 0 saturated carbocycles. The number of ether oxygens (including phenoxy) is 2. The van der Waals surface area contributed by atoms with Gasteiger partial charge in [0, 0.05) is 31.9 Å². The molecule has 24 heavy (non-hydrogen) atoms. The summed E-state index contributed by atoms with van der Waals surface area (Å²) in [5, 5.41) is 2.71. The first-order valence-electron chi connectivity index (χ1n) is 8.40. The van der Waals surface area contributed by atoms with E-state index in [-0.39, 0.29) is 23.8 Å². The molecule has 0 atom stereocenters.